The van der Waals surface area contributed by atoms with Crippen molar-refractivity contribution in [3.8, 4) is 10.6 Å². The van der Waals surface area contributed by atoms with Crippen LogP contribution in [0.25, 0.3) is 10.6 Å². The van der Waals surface area contributed by atoms with Crippen molar-refractivity contribution < 1.29 is 14.7 Å². The molecule has 1 heterocycles. The molecule has 0 aliphatic rings. The fraction of sp³-hybridized carbons (Fsp3) is 0.0556. The Bertz CT molecular complexity index is 883. The summed E-state index contributed by atoms with van der Waals surface area (Å²) < 4.78 is 0. The van der Waals surface area contributed by atoms with Crippen molar-refractivity contribution in [2.24, 2.45) is 0 Å². The molecule has 3 rings (SSSR count). The molecular formula is C18H14N2O3S. The molecule has 3 aromatic rings. The van der Waals surface area contributed by atoms with Gasteiger partial charge in [-0.25, -0.2) is 9.78 Å². The van der Waals surface area contributed by atoms with E-state index in [0.717, 1.165) is 11.1 Å². The van der Waals surface area contributed by atoms with Gasteiger partial charge in [0.05, 0.1) is 0 Å². The first-order valence-corrected chi connectivity index (χ1v) is 8.08. The first kappa shape index (κ1) is 15.9. The summed E-state index contributed by atoms with van der Waals surface area (Å²) in [5.41, 5.74) is 3.20. The minimum absolute atomic E-state index is 0.0340. The second kappa shape index (κ2) is 6.64. The van der Waals surface area contributed by atoms with E-state index in [2.05, 4.69) is 10.3 Å². The summed E-state index contributed by atoms with van der Waals surface area (Å²) in [4.78, 5) is 27.1. The number of carbonyl (C=O) groups is 2. The van der Waals surface area contributed by atoms with E-state index in [9.17, 15) is 9.59 Å². The predicted molar refractivity (Wildman–Crippen MR) is 93.6 cm³/mol. The lowest BCUT2D eigenvalue weighted by Gasteiger charge is -2.06. The average Bonchev–Trinajstić information content (AvgIpc) is 3.06. The zero-order chi connectivity index (χ0) is 17.1. The lowest BCUT2D eigenvalue weighted by atomic mass is 10.1. The molecule has 6 heteroatoms. The smallest absolute Gasteiger partial charge is 0.355 e. The number of aromatic carboxylic acids is 1. The van der Waals surface area contributed by atoms with Crippen molar-refractivity contribution in [1.82, 2.24) is 4.98 Å². The van der Waals surface area contributed by atoms with E-state index in [-0.39, 0.29) is 11.6 Å². The van der Waals surface area contributed by atoms with Crippen LogP contribution in [0.4, 0.5) is 5.69 Å². The zero-order valence-electron chi connectivity index (χ0n) is 12.8. The summed E-state index contributed by atoms with van der Waals surface area (Å²) in [5.74, 6) is -1.22. The largest absolute Gasteiger partial charge is 0.476 e. The number of hydrogen-bond donors (Lipinski definition) is 2. The summed E-state index contributed by atoms with van der Waals surface area (Å²) in [6.07, 6.45) is 0. The molecule has 0 atom stereocenters. The summed E-state index contributed by atoms with van der Waals surface area (Å²) in [7, 11) is 0. The van der Waals surface area contributed by atoms with E-state index >= 15 is 0 Å². The Morgan fingerprint density at radius 3 is 2.29 bits per heavy atom. The van der Waals surface area contributed by atoms with Gasteiger partial charge < -0.3 is 10.4 Å². The number of hydrogen-bond acceptors (Lipinski definition) is 4. The fourth-order valence-corrected chi connectivity index (χ4v) is 2.91. The van der Waals surface area contributed by atoms with Gasteiger partial charge >= 0.3 is 5.97 Å². The van der Waals surface area contributed by atoms with E-state index in [1.807, 2.05) is 19.1 Å². The molecule has 0 unspecified atom stereocenters. The van der Waals surface area contributed by atoms with Crippen LogP contribution in [-0.2, 0) is 0 Å². The van der Waals surface area contributed by atoms with Gasteiger partial charge in [-0.2, -0.15) is 0 Å². The van der Waals surface area contributed by atoms with Gasteiger partial charge in [0.1, 0.15) is 5.01 Å². The number of rotatable bonds is 4. The first-order valence-electron chi connectivity index (χ1n) is 7.20. The number of amides is 1. The standard InChI is InChI=1S/C18H14N2O3S/c1-11-2-4-12(5-3-11)16(21)19-14-8-6-13(7-9-14)17-20-15(10-24-17)18(22)23/h2-10H,1H3,(H,19,21)(H,22,23). The number of aromatic nitrogens is 1. The van der Waals surface area contributed by atoms with Gasteiger partial charge in [-0.15, -0.1) is 11.3 Å². The van der Waals surface area contributed by atoms with Crippen molar-refractivity contribution >= 4 is 28.9 Å². The van der Waals surface area contributed by atoms with Crippen LogP contribution in [-0.4, -0.2) is 22.0 Å². The SMILES string of the molecule is Cc1ccc(C(=O)Nc2ccc(-c3nc(C(=O)O)cs3)cc2)cc1. The number of nitrogens with one attached hydrogen (secondary N) is 1. The normalized spacial score (nSPS) is 10.4. The number of nitrogens with zero attached hydrogens (tertiary/aromatic N) is 1. The molecule has 0 saturated heterocycles. The van der Waals surface area contributed by atoms with E-state index < -0.39 is 5.97 Å². The van der Waals surface area contributed by atoms with Crippen molar-refractivity contribution in [3.05, 3.63) is 70.7 Å². The third-order valence-electron chi connectivity index (χ3n) is 3.43. The number of carbonyl (C=O) groups excluding carboxylic acids is 1. The fourth-order valence-electron chi connectivity index (χ4n) is 2.11. The van der Waals surface area contributed by atoms with Crippen LogP contribution >= 0.6 is 11.3 Å². The molecule has 0 saturated carbocycles. The van der Waals surface area contributed by atoms with Crippen LogP contribution in [0.15, 0.2) is 53.9 Å². The second-order valence-electron chi connectivity index (χ2n) is 5.24. The molecule has 2 aromatic carbocycles. The Morgan fingerprint density at radius 1 is 1.04 bits per heavy atom. The second-order valence-corrected chi connectivity index (χ2v) is 6.10. The van der Waals surface area contributed by atoms with E-state index in [1.165, 1.54) is 16.7 Å². The van der Waals surface area contributed by atoms with Crippen LogP contribution < -0.4 is 5.32 Å². The maximum absolute atomic E-state index is 12.2. The molecule has 2 N–H and O–H groups in total. The van der Waals surface area contributed by atoms with Crippen molar-refractivity contribution in [1.29, 1.82) is 0 Å². The number of carboxylic acids is 1. The van der Waals surface area contributed by atoms with Crippen molar-refractivity contribution in [3.63, 3.8) is 0 Å². The maximum Gasteiger partial charge on any atom is 0.355 e. The highest BCUT2D eigenvalue weighted by Crippen LogP contribution is 2.25. The Balaban J connectivity index is 1.73. The van der Waals surface area contributed by atoms with E-state index in [4.69, 9.17) is 5.11 Å². The molecule has 0 bridgehead atoms. The zero-order valence-corrected chi connectivity index (χ0v) is 13.6. The molecule has 0 aliphatic heterocycles. The third kappa shape index (κ3) is 3.49. The first-order chi connectivity index (χ1) is 11.5. The average molecular weight is 338 g/mol. The molecule has 1 aromatic heterocycles. The molecule has 24 heavy (non-hydrogen) atoms. The van der Waals surface area contributed by atoms with Crippen LogP contribution in [0.3, 0.4) is 0 Å². The highest BCUT2D eigenvalue weighted by atomic mass is 32.1. The number of carboxylic acid groups (broad SMARTS) is 1. The topological polar surface area (TPSA) is 79.3 Å². The molecular weight excluding hydrogens is 324 g/mol. The van der Waals surface area contributed by atoms with Gasteiger partial charge in [-0.05, 0) is 43.3 Å². The van der Waals surface area contributed by atoms with Crippen LogP contribution in [0.1, 0.15) is 26.4 Å². The van der Waals surface area contributed by atoms with E-state index in [1.54, 1.807) is 36.4 Å². The molecule has 0 radical (unpaired) electrons. The molecule has 0 fully saturated rings. The molecule has 5 nitrogen and oxygen atoms in total. The van der Waals surface area contributed by atoms with Crippen LogP contribution in [0, 0.1) is 6.92 Å². The summed E-state index contributed by atoms with van der Waals surface area (Å²) in [5, 5.41) is 13.9. The highest BCUT2D eigenvalue weighted by molar-refractivity contribution is 7.13. The monoisotopic (exact) mass is 338 g/mol. The van der Waals surface area contributed by atoms with Gasteiger partial charge in [0.2, 0.25) is 0 Å². The van der Waals surface area contributed by atoms with Gasteiger partial charge in [-0.3, -0.25) is 4.79 Å². The van der Waals surface area contributed by atoms with Crippen LogP contribution in [0.5, 0.6) is 0 Å². The van der Waals surface area contributed by atoms with Gasteiger partial charge in [0.15, 0.2) is 5.69 Å². The number of aryl methyl sites for hydroxylation is 1. The Kier molecular flexibility index (Phi) is 4.39. The minimum Gasteiger partial charge on any atom is -0.476 e. The summed E-state index contributed by atoms with van der Waals surface area (Å²) in [6.45, 7) is 1.97. The number of anilines is 1. The summed E-state index contributed by atoms with van der Waals surface area (Å²) in [6, 6.07) is 14.5. The summed E-state index contributed by atoms with van der Waals surface area (Å²) >= 11 is 1.27. The lowest BCUT2D eigenvalue weighted by molar-refractivity contribution is 0.0691. The Hall–Kier alpha value is -2.99. The third-order valence-corrected chi connectivity index (χ3v) is 4.32. The minimum atomic E-state index is -1.04. The number of benzene rings is 2. The molecule has 0 aliphatic carbocycles. The molecule has 120 valence electrons. The number of thiazole rings is 1. The van der Waals surface area contributed by atoms with Gasteiger partial charge in [-0.1, -0.05) is 17.7 Å². The highest BCUT2D eigenvalue weighted by Gasteiger charge is 2.10. The van der Waals surface area contributed by atoms with Crippen LogP contribution in [0.2, 0.25) is 0 Å². The van der Waals surface area contributed by atoms with Gasteiger partial charge in [0, 0.05) is 22.2 Å². The van der Waals surface area contributed by atoms with E-state index in [0.29, 0.717) is 16.3 Å². The van der Waals surface area contributed by atoms with Crippen molar-refractivity contribution in [2.45, 2.75) is 6.92 Å². The molecule has 0 spiro atoms. The molecule has 1 amide bonds. The van der Waals surface area contributed by atoms with Gasteiger partial charge in [0.25, 0.3) is 5.91 Å². The lowest BCUT2D eigenvalue weighted by Crippen LogP contribution is -2.11. The Labute approximate surface area is 142 Å². The maximum atomic E-state index is 12.2. The predicted octanol–water partition coefficient (Wildman–Crippen LogP) is 4.07. The van der Waals surface area contributed by atoms with Crippen molar-refractivity contribution in [2.75, 3.05) is 5.32 Å². The Morgan fingerprint density at radius 2 is 1.71 bits per heavy atom. The quantitative estimate of drug-likeness (QED) is 0.751.